The summed E-state index contributed by atoms with van der Waals surface area (Å²) >= 11 is 0. The third-order valence-electron chi connectivity index (χ3n) is 4.51. The fraction of sp³-hybridized carbons (Fsp3) is 0.421. The predicted octanol–water partition coefficient (Wildman–Crippen LogP) is 1.26. The summed E-state index contributed by atoms with van der Waals surface area (Å²) in [5.41, 5.74) is 7.52. The molecule has 0 saturated carbocycles. The van der Waals surface area contributed by atoms with Crippen molar-refractivity contribution >= 4 is 24.2 Å². The van der Waals surface area contributed by atoms with Crippen LogP contribution in [0.25, 0.3) is 5.69 Å². The molecule has 2 aromatic rings. The maximum absolute atomic E-state index is 12.7. The van der Waals surface area contributed by atoms with Crippen LogP contribution in [-0.4, -0.2) is 56.1 Å². The number of nitrogens with zero attached hydrogens (tertiary/aromatic N) is 5. The molecule has 10 heteroatoms. The van der Waals surface area contributed by atoms with Crippen molar-refractivity contribution < 1.29 is 9.59 Å². The number of amides is 2. The fourth-order valence-corrected chi connectivity index (χ4v) is 2.69. The van der Waals surface area contributed by atoms with Gasteiger partial charge in [-0.05, 0) is 41.0 Å². The first-order valence-corrected chi connectivity index (χ1v) is 9.12. The molecule has 29 heavy (non-hydrogen) atoms. The van der Waals surface area contributed by atoms with E-state index in [1.165, 1.54) is 6.33 Å². The Kier molecular flexibility index (Phi) is 9.43. The number of rotatable bonds is 9. The molecular weight excluding hydrogens is 394 g/mol. The van der Waals surface area contributed by atoms with E-state index in [0.29, 0.717) is 6.54 Å². The zero-order valence-corrected chi connectivity index (χ0v) is 17.7. The van der Waals surface area contributed by atoms with E-state index in [1.807, 2.05) is 45.0 Å². The average Bonchev–Trinajstić information content (AvgIpc) is 3.23. The van der Waals surface area contributed by atoms with Gasteiger partial charge in [0.1, 0.15) is 6.33 Å². The molecule has 1 aromatic carbocycles. The lowest BCUT2D eigenvalue weighted by Crippen LogP contribution is -2.48. The van der Waals surface area contributed by atoms with E-state index in [0.717, 1.165) is 11.3 Å². The molecule has 158 valence electrons. The molecule has 0 fully saturated rings. The summed E-state index contributed by atoms with van der Waals surface area (Å²) in [5, 5.41) is 13.8. The molecule has 1 unspecified atom stereocenters. The third-order valence-corrected chi connectivity index (χ3v) is 4.51. The first-order valence-electron chi connectivity index (χ1n) is 9.12. The third kappa shape index (κ3) is 6.37. The van der Waals surface area contributed by atoms with Gasteiger partial charge in [-0.3, -0.25) is 9.59 Å². The van der Waals surface area contributed by atoms with Crippen molar-refractivity contribution in [2.24, 2.45) is 11.7 Å². The van der Waals surface area contributed by atoms with Crippen molar-refractivity contribution in [3.05, 3.63) is 48.8 Å². The van der Waals surface area contributed by atoms with E-state index >= 15 is 0 Å². The van der Waals surface area contributed by atoms with E-state index in [4.69, 9.17) is 5.73 Å². The normalized spacial score (nSPS) is 12.6. The summed E-state index contributed by atoms with van der Waals surface area (Å²) < 4.78 is 1.55. The van der Waals surface area contributed by atoms with Crippen LogP contribution < -0.4 is 11.1 Å². The minimum Gasteiger partial charge on any atom is -0.346 e. The van der Waals surface area contributed by atoms with Crippen molar-refractivity contribution in [2.45, 2.75) is 32.9 Å². The molecule has 1 heterocycles. The van der Waals surface area contributed by atoms with Crippen LogP contribution in [0.5, 0.6) is 0 Å². The monoisotopic (exact) mass is 421 g/mol. The van der Waals surface area contributed by atoms with Gasteiger partial charge in [0.25, 0.3) is 0 Å². The van der Waals surface area contributed by atoms with Crippen LogP contribution in [0, 0.1) is 5.92 Å². The summed E-state index contributed by atoms with van der Waals surface area (Å²) in [4.78, 5) is 26.4. The SMILES string of the molecule is C=CCN(C(=O)CNC(=O)[C@@H](N)C(C)C)C(C)c1cccc(-n2cnnn2)c1.Cl. The van der Waals surface area contributed by atoms with Crippen LogP contribution in [0.1, 0.15) is 32.4 Å². The maximum Gasteiger partial charge on any atom is 0.242 e. The Hall–Kier alpha value is -2.78. The summed E-state index contributed by atoms with van der Waals surface area (Å²) in [6, 6.07) is 6.71. The summed E-state index contributed by atoms with van der Waals surface area (Å²) in [5.74, 6) is -0.563. The van der Waals surface area contributed by atoms with Crippen molar-refractivity contribution in [2.75, 3.05) is 13.1 Å². The summed E-state index contributed by atoms with van der Waals surface area (Å²) in [6.45, 7) is 9.59. The van der Waals surface area contributed by atoms with Gasteiger partial charge in [-0.25, -0.2) is 4.68 Å². The van der Waals surface area contributed by atoms with Gasteiger partial charge >= 0.3 is 0 Å². The number of halogens is 1. The molecule has 0 aliphatic rings. The highest BCUT2D eigenvalue weighted by Crippen LogP contribution is 2.22. The fourth-order valence-electron chi connectivity index (χ4n) is 2.69. The Morgan fingerprint density at radius 1 is 1.34 bits per heavy atom. The molecular formula is C19H28ClN7O2. The molecule has 0 aliphatic carbocycles. The number of carbonyl (C=O) groups is 2. The summed E-state index contributed by atoms with van der Waals surface area (Å²) in [6.07, 6.45) is 3.16. The molecule has 0 saturated heterocycles. The number of hydrogen-bond donors (Lipinski definition) is 2. The zero-order chi connectivity index (χ0) is 20.7. The first-order chi connectivity index (χ1) is 13.3. The van der Waals surface area contributed by atoms with Gasteiger partial charge < -0.3 is 16.0 Å². The van der Waals surface area contributed by atoms with Gasteiger partial charge in [0.15, 0.2) is 0 Å². The minimum absolute atomic E-state index is 0. The van der Waals surface area contributed by atoms with Gasteiger partial charge in [-0.15, -0.1) is 24.1 Å². The molecule has 0 spiro atoms. The Labute approximate surface area is 176 Å². The zero-order valence-electron chi connectivity index (χ0n) is 16.9. The number of aromatic nitrogens is 4. The van der Waals surface area contributed by atoms with Crippen LogP contribution in [0.3, 0.4) is 0 Å². The van der Waals surface area contributed by atoms with Crippen molar-refractivity contribution in [1.29, 1.82) is 0 Å². The van der Waals surface area contributed by atoms with Crippen LogP contribution in [0.2, 0.25) is 0 Å². The molecule has 2 atom stereocenters. The molecule has 2 amide bonds. The van der Waals surface area contributed by atoms with Crippen molar-refractivity contribution in [3.63, 3.8) is 0 Å². The lowest BCUT2D eigenvalue weighted by molar-refractivity contribution is -0.134. The summed E-state index contributed by atoms with van der Waals surface area (Å²) in [7, 11) is 0. The first kappa shape index (κ1) is 24.3. The number of benzene rings is 1. The molecule has 0 bridgehead atoms. The Bertz CT molecular complexity index is 811. The highest BCUT2D eigenvalue weighted by Gasteiger charge is 2.23. The highest BCUT2D eigenvalue weighted by molar-refractivity contribution is 5.87. The second-order valence-corrected chi connectivity index (χ2v) is 6.85. The van der Waals surface area contributed by atoms with Crippen LogP contribution in [-0.2, 0) is 9.59 Å². The average molecular weight is 422 g/mol. The second-order valence-electron chi connectivity index (χ2n) is 6.85. The topological polar surface area (TPSA) is 119 Å². The van der Waals surface area contributed by atoms with E-state index in [1.54, 1.807) is 15.7 Å². The smallest absolute Gasteiger partial charge is 0.242 e. The molecule has 3 N–H and O–H groups in total. The quantitative estimate of drug-likeness (QED) is 0.588. The minimum atomic E-state index is -0.647. The van der Waals surface area contributed by atoms with Crippen LogP contribution in [0.15, 0.2) is 43.2 Å². The number of tetrazole rings is 1. The van der Waals surface area contributed by atoms with Crippen LogP contribution >= 0.6 is 12.4 Å². The van der Waals surface area contributed by atoms with E-state index < -0.39 is 6.04 Å². The van der Waals surface area contributed by atoms with Crippen molar-refractivity contribution in [3.8, 4) is 5.69 Å². The van der Waals surface area contributed by atoms with Gasteiger partial charge in [-0.2, -0.15) is 0 Å². The number of nitrogens with two attached hydrogens (primary N) is 1. The van der Waals surface area contributed by atoms with Gasteiger partial charge in [0.2, 0.25) is 11.8 Å². The van der Waals surface area contributed by atoms with E-state index in [2.05, 4.69) is 27.4 Å². The molecule has 9 nitrogen and oxygen atoms in total. The largest absolute Gasteiger partial charge is 0.346 e. The Morgan fingerprint density at radius 2 is 2.07 bits per heavy atom. The second kappa shape index (κ2) is 11.3. The molecule has 2 rings (SSSR count). The molecule has 0 aliphatic heterocycles. The number of carbonyl (C=O) groups excluding carboxylic acids is 2. The van der Waals surface area contributed by atoms with E-state index in [9.17, 15) is 9.59 Å². The number of hydrogen-bond acceptors (Lipinski definition) is 6. The maximum atomic E-state index is 12.7. The molecule has 0 radical (unpaired) electrons. The van der Waals surface area contributed by atoms with Gasteiger partial charge in [0, 0.05) is 6.54 Å². The Balaban J connectivity index is 0.00000420. The van der Waals surface area contributed by atoms with Gasteiger partial charge in [0.05, 0.1) is 24.3 Å². The van der Waals surface area contributed by atoms with Gasteiger partial charge in [-0.1, -0.05) is 32.1 Å². The lowest BCUT2D eigenvalue weighted by atomic mass is 10.0. The van der Waals surface area contributed by atoms with Crippen molar-refractivity contribution in [1.82, 2.24) is 30.4 Å². The number of nitrogens with one attached hydrogen (secondary N) is 1. The van der Waals surface area contributed by atoms with E-state index in [-0.39, 0.29) is 42.7 Å². The highest BCUT2D eigenvalue weighted by atomic mass is 35.5. The molecule has 1 aromatic heterocycles. The standard InChI is InChI=1S/C19H27N7O2.ClH/c1-5-9-25(17(27)11-21-19(28)18(20)13(2)3)14(4)15-7-6-8-16(10-15)26-12-22-23-24-26;/h5-8,10,12-14,18H,1,9,11,20H2,2-4H3,(H,21,28);1H/t14?,18-;/m0./s1. The Morgan fingerprint density at radius 3 is 2.66 bits per heavy atom. The lowest BCUT2D eigenvalue weighted by Gasteiger charge is -2.29. The van der Waals surface area contributed by atoms with Crippen LogP contribution in [0.4, 0.5) is 0 Å². The predicted molar refractivity (Wildman–Crippen MR) is 113 cm³/mol.